The van der Waals surface area contributed by atoms with Crippen LogP contribution >= 0.6 is 11.8 Å². The molecule has 2 unspecified atom stereocenters. The van der Waals surface area contributed by atoms with Gasteiger partial charge in [0.05, 0.1) is 5.56 Å². The normalized spacial score (nSPS) is 24.1. The molecule has 0 saturated carbocycles. The molecule has 1 N–H and O–H groups in total. The topological polar surface area (TPSA) is 40.5 Å². The number of aromatic hydroxyl groups is 1. The van der Waals surface area contributed by atoms with Gasteiger partial charge in [-0.3, -0.25) is 4.79 Å². The Labute approximate surface area is 110 Å². The van der Waals surface area contributed by atoms with Gasteiger partial charge in [0.25, 0.3) is 5.91 Å². The highest BCUT2D eigenvalue weighted by molar-refractivity contribution is 8.00. The standard InChI is InChI=1S/C13H16FNO2S/c1-8-9(2)18-6-5-15(8)13(17)11-4-3-10(14)7-12(11)16/h3-4,7-9,16H,5-6H2,1-2H3. The minimum absolute atomic E-state index is 0.112. The zero-order chi connectivity index (χ0) is 13.3. The summed E-state index contributed by atoms with van der Waals surface area (Å²) in [4.78, 5) is 14.1. The summed E-state index contributed by atoms with van der Waals surface area (Å²) in [6, 6.07) is 3.62. The van der Waals surface area contributed by atoms with E-state index in [1.54, 1.807) is 4.90 Å². The molecule has 1 fully saturated rings. The Balaban J connectivity index is 2.25. The number of hydrogen-bond donors (Lipinski definition) is 1. The smallest absolute Gasteiger partial charge is 0.257 e. The Morgan fingerprint density at radius 1 is 1.50 bits per heavy atom. The van der Waals surface area contributed by atoms with Crippen LogP contribution in [0.2, 0.25) is 0 Å². The highest BCUT2D eigenvalue weighted by Crippen LogP contribution is 2.27. The highest BCUT2D eigenvalue weighted by Gasteiger charge is 2.30. The van der Waals surface area contributed by atoms with E-state index < -0.39 is 5.82 Å². The van der Waals surface area contributed by atoms with E-state index in [2.05, 4.69) is 6.92 Å². The van der Waals surface area contributed by atoms with Crippen LogP contribution in [0.25, 0.3) is 0 Å². The Hall–Kier alpha value is -1.23. The van der Waals surface area contributed by atoms with Gasteiger partial charge in [0.1, 0.15) is 11.6 Å². The van der Waals surface area contributed by atoms with Gasteiger partial charge in [-0.25, -0.2) is 4.39 Å². The Morgan fingerprint density at radius 2 is 2.22 bits per heavy atom. The van der Waals surface area contributed by atoms with Crippen molar-refractivity contribution in [2.24, 2.45) is 0 Å². The molecule has 0 aromatic heterocycles. The second kappa shape index (κ2) is 5.18. The number of carbonyl (C=O) groups is 1. The third kappa shape index (κ3) is 2.46. The molecule has 1 aromatic carbocycles. The maximum atomic E-state index is 12.9. The number of nitrogens with zero attached hydrogens (tertiary/aromatic N) is 1. The average Bonchev–Trinajstić information content (AvgIpc) is 2.32. The molecule has 5 heteroatoms. The SMILES string of the molecule is CC1SCCN(C(=O)c2ccc(F)cc2O)C1C. The quantitative estimate of drug-likeness (QED) is 0.851. The molecule has 0 spiro atoms. The number of amides is 1. The van der Waals surface area contributed by atoms with Crippen molar-refractivity contribution < 1.29 is 14.3 Å². The van der Waals surface area contributed by atoms with E-state index in [0.717, 1.165) is 11.8 Å². The van der Waals surface area contributed by atoms with Crippen LogP contribution in [0.15, 0.2) is 18.2 Å². The van der Waals surface area contributed by atoms with Crippen LogP contribution < -0.4 is 0 Å². The second-order valence-corrected chi connectivity index (χ2v) is 5.96. The molecule has 0 bridgehead atoms. The molecule has 2 rings (SSSR count). The van der Waals surface area contributed by atoms with Gasteiger partial charge in [-0.1, -0.05) is 6.92 Å². The van der Waals surface area contributed by atoms with Crippen LogP contribution in [0.4, 0.5) is 4.39 Å². The zero-order valence-corrected chi connectivity index (χ0v) is 11.2. The number of benzene rings is 1. The van der Waals surface area contributed by atoms with Crippen molar-refractivity contribution in [3.63, 3.8) is 0 Å². The molecule has 1 aromatic rings. The van der Waals surface area contributed by atoms with E-state index in [1.165, 1.54) is 12.1 Å². The lowest BCUT2D eigenvalue weighted by Gasteiger charge is -2.37. The van der Waals surface area contributed by atoms with Crippen LogP contribution in [-0.2, 0) is 0 Å². The summed E-state index contributed by atoms with van der Waals surface area (Å²) in [5, 5.41) is 10.0. The number of carbonyl (C=O) groups excluding carboxylic acids is 1. The van der Waals surface area contributed by atoms with Gasteiger partial charge in [0.15, 0.2) is 0 Å². The molecule has 1 heterocycles. The summed E-state index contributed by atoms with van der Waals surface area (Å²) in [6.45, 7) is 4.74. The number of phenolic OH excluding ortho intramolecular Hbond substituents is 1. The van der Waals surface area contributed by atoms with Gasteiger partial charge in [-0.2, -0.15) is 11.8 Å². The van der Waals surface area contributed by atoms with Gasteiger partial charge in [0.2, 0.25) is 0 Å². The fourth-order valence-corrected chi connectivity index (χ4v) is 3.16. The monoisotopic (exact) mass is 269 g/mol. The lowest BCUT2D eigenvalue weighted by atomic mass is 10.1. The van der Waals surface area contributed by atoms with Crippen molar-refractivity contribution in [1.29, 1.82) is 0 Å². The fraction of sp³-hybridized carbons (Fsp3) is 0.462. The number of rotatable bonds is 1. The number of thioether (sulfide) groups is 1. The van der Waals surface area contributed by atoms with Crippen molar-refractivity contribution in [3.8, 4) is 5.75 Å². The van der Waals surface area contributed by atoms with Gasteiger partial charge in [0, 0.05) is 29.7 Å². The maximum absolute atomic E-state index is 12.9. The largest absolute Gasteiger partial charge is 0.507 e. The van der Waals surface area contributed by atoms with Crippen molar-refractivity contribution in [1.82, 2.24) is 4.90 Å². The summed E-state index contributed by atoms with van der Waals surface area (Å²) in [5.74, 6) is -0.177. The summed E-state index contributed by atoms with van der Waals surface area (Å²) < 4.78 is 12.9. The summed E-state index contributed by atoms with van der Waals surface area (Å²) in [5.41, 5.74) is 0.169. The highest BCUT2D eigenvalue weighted by atomic mass is 32.2. The van der Waals surface area contributed by atoms with Crippen LogP contribution in [-0.4, -0.2) is 39.5 Å². The predicted molar refractivity (Wildman–Crippen MR) is 70.5 cm³/mol. The molecule has 1 amide bonds. The molecule has 0 aliphatic carbocycles. The first-order valence-electron chi connectivity index (χ1n) is 5.92. The summed E-state index contributed by atoms with van der Waals surface area (Å²) in [6.07, 6.45) is 0. The van der Waals surface area contributed by atoms with E-state index in [-0.39, 0.29) is 23.3 Å². The second-order valence-electron chi connectivity index (χ2n) is 4.48. The van der Waals surface area contributed by atoms with Crippen LogP contribution in [0.3, 0.4) is 0 Å². The van der Waals surface area contributed by atoms with E-state index in [9.17, 15) is 14.3 Å². The first-order chi connectivity index (χ1) is 8.50. The van der Waals surface area contributed by atoms with Gasteiger partial charge >= 0.3 is 0 Å². The van der Waals surface area contributed by atoms with Crippen LogP contribution in [0.1, 0.15) is 24.2 Å². The first-order valence-corrected chi connectivity index (χ1v) is 6.96. The van der Waals surface area contributed by atoms with Gasteiger partial charge in [-0.15, -0.1) is 0 Å². The number of hydrogen-bond acceptors (Lipinski definition) is 3. The third-order valence-electron chi connectivity index (χ3n) is 3.33. The molecule has 2 atom stereocenters. The molecule has 1 aliphatic rings. The van der Waals surface area contributed by atoms with E-state index in [4.69, 9.17) is 0 Å². The third-order valence-corrected chi connectivity index (χ3v) is 4.67. The predicted octanol–water partition coefficient (Wildman–Crippen LogP) is 2.50. The Kier molecular flexibility index (Phi) is 3.80. The lowest BCUT2D eigenvalue weighted by Crippen LogP contribution is -2.47. The molecule has 18 heavy (non-hydrogen) atoms. The van der Waals surface area contributed by atoms with Crippen molar-refractivity contribution in [3.05, 3.63) is 29.6 Å². The number of halogens is 1. The fourth-order valence-electron chi connectivity index (χ4n) is 2.06. The molecular weight excluding hydrogens is 253 g/mol. The summed E-state index contributed by atoms with van der Waals surface area (Å²) in [7, 11) is 0. The zero-order valence-electron chi connectivity index (χ0n) is 10.4. The van der Waals surface area contributed by atoms with Crippen molar-refractivity contribution in [2.45, 2.75) is 25.1 Å². The van der Waals surface area contributed by atoms with Crippen molar-refractivity contribution >= 4 is 17.7 Å². The number of phenols is 1. The van der Waals surface area contributed by atoms with E-state index in [1.807, 2.05) is 18.7 Å². The van der Waals surface area contributed by atoms with Crippen molar-refractivity contribution in [2.75, 3.05) is 12.3 Å². The molecule has 1 aliphatic heterocycles. The molecule has 3 nitrogen and oxygen atoms in total. The molecular formula is C13H16FNO2S. The Bertz CT molecular complexity index is 466. The molecule has 0 radical (unpaired) electrons. The maximum Gasteiger partial charge on any atom is 0.257 e. The molecule has 98 valence electrons. The summed E-state index contributed by atoms with van der Waals surface area (Å²) >= 11 is 1.83. The molecule has 1 saturated heterocycles. The van der Waals surface area contributed by atoms with Crippen LogP contribution in [0.5, 0.6) is 5.75 Å². The minimum Gasteiger partial charge on any atom is -0.507 e. The average molecular weight is 269 g/mol. The minimum atomic E-state index is -0.542. The first kappa shape index (κ1) is 13.2. The van der Waals surface area contributed by atoms with Gasteiger partial charge < -0.3 is 10.0 Å². The van der Waals surface area contributed by atoms with E-state index in [0.29, 0.717) is 11.8 Å². The lowest BCUT2D eigenvalue weighted by molar-refractivity contribution is 0.0695. The Morgan fingerprint density at radius 3 is 2.89 bits per heavy atom. The van der Waals surface area contributed by atoms with Crippen LogP contribution in [0, 0.1) is 5.82 Å². The van der Waals surface area contributed by atoms with E-state index >= 15 is 0 Å². The van der Waals surface area contributed by atoms with Gasteiger partial charge in [-0.05, 0) is 19.1 Å².